The summed E-state index contributed by atoms with van der Waals surface area (Å²) < 4.78 is 27.0. The molecule has 6 nitrogen and oxygen atoms in total. The second-order valence-electron chi connectivity index (χ2n) is 6.17. The molecule has 2 aromatic rings. The summed E-state index contributed by atoms with van der Waals surface area (Å²) in [5, 5.41) is 5.90. The van der Waals surface area contributed by atoms with E-state index >= 15 is 0 Å². The van der Waals surface area contributed by atoms with E-state index in [0.29, 0.717) is 25.5 Å². The molecule has 8 heteroatoms. The summed E-state index contributed by atoms with van der Waals surface area (Å²) in [5.41, 5.74) is 1.07. The number of benzene rings is 1. The molecule has 0 unspecified atom stereocenters. The molecule has 0 fully saturated rings. The van der Waals surface area contributed by atoms with Crippen LogP contribution in [0.25, 0.3) is 0 Å². The van der Waals surface area contributed by atoms with Gasteiger partial charge in [0.15, 0.2) is 5.96 Å². The van der Waals surface area contributed by atoms with Gasteiger partial charge in [-0.15, -0.1) is 0 Å². The van der Waals surface area contributed by atoms with E-state index in [1.807, 2.05) is 25.1 Å². The number of amides is 1. The number of halogens is 2. The van der Waals surface area contributed by atoms with Crippen LogP contribution in [0.2, 0.25) is 0 Å². The number of carbonyl (C=O) groups excluding carboxylic acids is 1. The van der Waals surface area contributed by atoms with Crippen LogP contribution in [0.4, 0.5) is 8.78 Å². The van der Waals surface area contributed by atoms with Gasteiger partial charge in [-0.2, -0.15) is 0 Å². The molecule has 0 radical (unpaired) electrons. The third kappa shape index (κ3) is 6.94. The lowest BCUT2D eigenvalue weighted by Crippen LogP contribution is -2.44. The first-order valence-corrected chi connectivity index (χ1v) is 9.09. The Kier molecular flexibility index (Phi) is 8.33. The number of hydrogen-bond donors (Lipinski definition) is 2. The number of pyridine rings is 1. The number of aromatic nitrogens is 1. The van der Waals surface area contributed by atoms with Crippen LogP contribution in [-0.2, 0) is 17.8 Å². The van der Waals surface area contributed by atoms with Crippen molar-refractivity contribution < 1.29 is 13.6 Å². The topological polar surface area (TPSA) is 69.6 Å². The lowest BCUT2D eigenvalue weighted by Gasteiger charge is -2.18. The molecule has 2 rings (SSSR count). The van der Waals surface area contributed by atoms with Gasteiger partial charge in [-0.05, 0) is 37.3 Å². The summed E-state index contributed by atoms with van der Waals surface area (Å²) in [5.74, 6) is -0.795. The molecule has 1 heterocycles. The molecule has 0 saturated heterocycles. The van der Waals surface area contributed by atoms with Crippen molar-refractivity contribution in [1.29, 1.82) is 0 Å². The van der Waals surface area contributed by atoms with Crippen molar-refractivity contribution in [2.75, 3.05) is 26.7 Å². The lowest BCUT2D eigenvalue weighted by molar-refractivity contribution is -0.128. The highest BCUT2D eigenvalue weighted by atomic mass is 19.1. The quantitative estimate of drug-likeness (QED) is 0.536. The molecule has 150 valence electrons. The first-order valence-electron chi connectivity index (χ1n) is 9.09. The first-order chi connectivity index (χ1) is 13.5. The Morgan fingerprint density at radius 3 is 2.75 bits per heavy atom. The summed E-state index contributed by atoms with van der Waals surface area (Å²) in [6, 6.07) is 8.91. The number of nitrogens with one attached hydrogen (secondary N) is 2. The molecule has 0 spiro atoms. The summed E-state index contributed by atoms with van der Waals surface area (Å²) >= 11 is 0. The number of carbonyl (C=O) groups is 1. The van der Waals surface area contributed by atoms with E-state index < -0.39 is 11.6 Å². The maximum absolute atomic E-state index is 13.7. The minimum atomic E-state index is -0.522. The zero-order chi connectivity index (χ0) is 20.4. The highest BCUT2D eigenvalue weighted by Crippen LogP contribution is 2.10. The standard InChI is InChI=1S/C20H25F2N5O/c1-3-23-20(25-13-15-12-16(21)7-8-18(15)22)26-14-19(28)27(2)11-9-17-6-4-5-10-24-17/h4-8,10,12H,3,9,11,13-14H2,1-2H3,(H2,23,25,26). The minimum Gasteiger partial charge on any atom is -0.357 e. The molecular weight excluding hydrogens is 364 g/mol. The molecule has 0 bridgehead atoms. The molecule has 1 aromatic heterocycles. The Hall–Kier alpha value is -3.03. The minimum absolute atomic E-state index is 0.0379. The van der Waals surface area contributed by atoms with Crippen molar-refractivity contribution in [3.8, 4) is 0 Å². The number of guanidine groups is 1. The van der Waals surface area contributed by atoms with Crippen LogP contribution in [0.1, 0.15) is 18.2 Å². The van der Waals surface area contributed by atoms with Gasteiger partial charge >= 0.3 is 0 Å². The van der Waals surface area contributed by atoms with Crippen LogP contribution in [0.15, 0.2) is 47.6 Å². The Bertz CT molecular complexity index is 798. The van der Waals surface area contributed by atoms with Gasteiger partial charge in [-0.25, -0.2) is 13.8 Å². The Morgan fingerprint density at radius 1 is 1.21 bits per heavy atom. The van der Waals surface area contributed by atoms with Crippen molar-refractivity contribution in [3.63, 3.8) is 0 Å². The second kappa shape index (κ2) is 11.0. The van der Waals surface area contributed by atoms with Gasteiger partial charge in [-0.1, -0.05) is 6.07 Å². The Morgan fingerprint density at radius 2 is 2.04 bits per heavy atom. The molecule has 28 heavy (non-hydrogen) atoms. The fourth-order valence-corrected chi connectivity index (χ4v) is 2.42. The molecule has 0 atom stereocenters. The predicted octanol–water partition coefficient (Wildman–Crippen LogP) is 2.12. The molecule has 0 saturated carbocycles. The van der Waals surface area contributed by atoms with Crippen LogP contribution < -0.4 is 10.6 Å². The highest BCUT2D eigenvalue weighted by Gasteiger charge is 2.10. The lowest BCUT2D eigenvalue weighted by atomic mass is 10.2. The van der Waals surface area contributed by atoms with E-state index in [0.717, 1.165) is 23.9 Å². The molecule has 0 aliphatic rings. The van der Waals surface area contributed by atoms with Gasteiger partial charge in [0.1, 0.15) is 11.6 Å². The van der Waals surface area contributed by atoms with E-state index in [-0.39, 0.29) is 24.6 Å². The fraction of sp³-hybridized carbons (Fsp3) is 0.350. The van der Waals surface area contributed by atoms with Gasteiger partial charge < -0.3 is 15.5 Å². The van der Waals surface area contributed by atoms with E-state index in [2.05, 4.69) is 20.6 Å². The third-order valence-electron chi connectivity index (χ3n) is 4.02. The van der Waals surface area contributed by atoms with Crippen LogP contribution >= 0.6 is 0 Å². The van der Waals surface area contributed by atoms with E-state index in [9.17, 15) is 13.6 Å². The third-order valence-corrected chi connectivity index (χ3v) is 4.02. The largest absolute Gasteiger partial charge is 0.357 e. The van der Waals surface area contributed by atoms with E-state index in [1.165, 1.54) is 0 Å². The second-order valence-corrected chi connectivity index (χ2v) is 6.17. The van der Waals surface area contributed by atoms with Crippen LogP contribution in [0, 0.1) is 11.6 Å². The summed E-state index contributed by atoms with van der Waals surface area (Å²) in [7, 11) is 1.72. The average molecular weight is 389 g/mol. The summed E-state index contributed by atoms with van der Waals surface area (Å²) in [6.45, 7) is 2.99. The SMILES string of the molecule is CCNC(=NCc1cc(F)ccc1F)NCC(=O)N(C)CCc1ccccn1. The summed E-state index contributed by atoms with van der Waals surface area (Å²) in [4.78, 5) is 22.4. The van der Waals surface area contributed by atoms with Crippen molar-refractivity contribution >= 4 is 11.9 Å². The van der Waals surface area contributed by atoms with Gasteiger partial charge in [0.25, 0.3) is 0 Å². The Balaban J connectivity index is 1.87. The van der Waals surface area contributed by atoms with Crippen LogP contribution in [-0.4, -0.2) is 48.4 Å². The zero-order valence-electron chi connectivity index (χ0n) is 16.1. The smallest absolute Gasteiger partial charge is 0.241 e. The molecular formula is C20H25F2N5O. The number of nitrogens with zero attached hydrogens (tertiary/aromatic N) is 3. The van der Waals surface area contributed by atoms with E-state index in [4.69, 9.17) is 0 Å². The molecule has 1 aromatic carbocycles. The maximum Gasteiger partial charge on any atom is 0.241 e. The zero-order valence-corrected chi connectivity index (χ0v) is 16.1. The number of rotatable bonds is 8. The average Bonchev–Trinajstić information content (AvgIpc) is 2.71. The van der Waals surface area contributed by atoms with Crippen molar-refractivity contribution in [1.82, 2.24) is 20.5 Å². The van der Waals surface area contributed by atoms with Crippen molar-refractivity contribution in [2.24, 2.45) is 4.99 Å². The molecule has 1 amide bonds. The Labute approximate surface area is 163 Å². The maximum atomic E-state index is 13.7. The first kappa shape index (κ1) is 21.3. The monoisotopic (exact) mass is 389 g/mol. The molecule has 0 aliphatic carbocycles. The van der Waals surface area contributed by atoms with Crippen molar-refractivity contribution in [2.45, 2.75) is 19.9 Å². The predicted molar refractivity (Wildman–Crippen MR) is 105 cm³/mol. The number of aliphatic imine (C=N–C) groups is 1. The number of hydrogen-bond acceptors (Lipinski definition) is 3. The van der Waals surface area contributed by atoms with Gasteiger partial charge in [-0.3, -0.25) is 9.78 Å². The highest BCUT2D eigenvalue weighted by molar-refractivity contribution is 5.86. The van der Waals surface area contributed by atoms with Gasteiger partial charge in [0.05, 0.1) is 13.1 Å². The molecule has 0 aliphatic heterocycles. The normalized spacial score (nSPS) is 11.2. The van der Waals surface area contributed by atoms with Crippen LogP contribution in [0.3, 0.4) is 0 Å². The van der Waals surface area contributed by atoms with Gasteiger partial charge in [0.2, 0.25) is 5.91 Å². The summed E-state index contributed by atoms with van der Waals surface area (Å²) in [6.07, 6.45) is 2.38. The fourth-order valence-electron chi connectivity index (χ4n) is 2.42. The number of likely N-dealkylation sites (N-methyl/N-ethyl adjacent to an activating group) is 1. The van der Waals surface area contributed by atoms with Crippen LogP contribution in [0.5, 0.6) is 0 Å². The molecule has 2 N–H and O–H groups in total. The van der Waals surface area contributed by atoms with Gasteiger partial charge in [0, 0.05) is 44.0 Å². The van der Waals surface area contributed by atoms with E-state index in [1.54, 1.807) is 18.1 Å². The van der Waals surface area contributed by atoms with Crippen molar-refractivity contribution in [3.05, 3.63) is 65.5 Å².